The maximum atomic E-state index is 11.1. The molecule has 19 heavy (non-hydrogen) atoms. The maximum Gasteiger partial charge on any atom is 0.272 e. The van der Waals surface area contributed by atoms with E-state index in [1.807, 2.05) is 6.07 Å². The van der Waals surface area contributed by atoms with Gasteiger partial charge in [-0.3, -0.25) is 10.1 Å². The van der Waals surface area contributed by atoms with Gasteiger partial charge in [-0.1, -0.05) is 22.9 Å². The van der Waals surface area contributed by atoms with Crippen molar-refractivity contribution in [3.63, 3.8) is 0 Å². The predicted molar refractivity (Wildman–Crippen MR) is 79.3 cm³/mol. The molecule has 104 valence electrons. The van der Waals surface area contributed by atoms with Crippen LogP contribution in [0.5, 0.6) is 0 Å². The lowest BCUT2D eigenvalue weighted by Gasteiger charge is -2.18. The summed E-state index contributed by atoms with van der Waals surface area (Å²) in [6.07, 6.45) is 4.30. The molecular formula is C14H19BrN2O2. The number of nitro groups is 1. The third kappa shape index (κ3) is 4.01. The van der Waals surface area contributed by atoms with Crippen molar-refractivity contribution in [3.8, 4) is 0 Å². The molecule has 0 amide bonds. The van der Waals surface area contributed by atoms with Crippen LogP contribution in [0.25, 0.3) is 0 Å². The number of nitrogens with one attached hydrogen (secondary N) is 1. The van der Waals surface area contributed by atoms with E-state index in [0.717, 1.165) is 29.4 Å². The number of nitro benzene ring substituents is 1. The number of halogens is 1. The van der Waals surface area contributed by atoms with Crippen LogP contribution in [0.2, 0.25) is 0 Å². The van der Waals surface area contributed by atoms with Gasteiger partial charge in [0.15, 0.2) is 0 Å². The van der Waals surface area contributed by atoms with Crippen molar-refractivity contribution < 1.29 is 4.92 Å². The molecule has 1 atom stereocenters. The standard InChI is InChI=1S/C14H19BrN2O2/c1-2-7-16-13(10-3-4-10)9-11-8-12(15)5-6-14(11)17(18)19/h5-6,8,10,13,16H,2-4,7,9H2,1H3. The number of rotatable bonds is 7. The fourth-order valence-electron chi connectivity index (χ4n) is 2.37. The second-order valence-corrected chi connectivity index (χ2v) is 6.05. The topological polar surface area (TPSA) is 55.2 Å². The highest BCUT2D eigenvalue weighted by molar-refractivity contribution is 9.10. The van der Waals surface area contributed by atoms with Crippen molar-refractivity contribution >= 4 is 21.6 Å². The quantitative estimate of drug-likeness (QED) is 0.614. The second-order valence-electron chi connectivity index (χ2n) is 5.13. The van der Waals surface area contributed by atoms with Crippen molar-refractivity contribution in [1.82, 2.24) is 5.32 Å². The van der Waals surface area contributed by atoms with Crippen LogP contribution in [0.15, 0.2) is 22.7 Å². The van der Waals surface area contributed by atoms with Crippen LogP contribution < -0.4 is 5.32 Å². The lowest BCUT2D eigenvalue weighted by Crippen LogP contribution is -2.33. The summed E-state index contributed by atoms with van der Waals surface area (Å²) in [6, 6.07) is 5.56. The smallest absolute Gasteiger partial charge is 0.272 e. The SMILES string of the molecule is CCCNC(Cc1cc(Br)ccc1[N+](=O)[O-])C1CC1. The molecule has 1 aliphatic rings. The second kappa shape index (κ2) is 6.48. The van der Waals surface area contributed by atoms with Crippen LogP contribution in [0.1, 0.15) is 31.7 Å². The molecule has 0 bridgehead atoms. The van der Waals surface area contributed by atoms with E-state index in [0.29, 0.717) is 12.0 Å². The molecule has 1 aliphatic carbocycles. The van der Waals surface area contributed by atoms with E-state index in [4.69, 9.17) is 0 Å². The summed E-state index contributed by atoms with van der Waals surface area (Å²) in [5.41, 5.74) is 1.05. The van der Waals surface area contributed by atoms with E-state index in [-0.39, 0.29) is 10.6 Å². The molecule has 1 aromatic rings. The molecule has 4 nitrogen and oxygen atoms in total. The van der Waals surface area contributed by atoms with Gasteiger partial charge in [0, 0.05) is 22.1 Å². The van der Waals surface area contributed by atoms with Gasteiger partial charge in [0.05, 0.1) is 4.92 Å². The van der Waals surface area contributed by atoms with Crippen LogP contribution in [0.4, 0.5) is 5.69 Å². The summed E-state index contributed by atoms with van der Waals surface area (Å²) in [5, 5.41) is 14.6. The largest absolute Gasteiger partial charge is 0.313 e. The number of hydrogen-bond donors (Lipinski definition) is 1. The third-order valence-corrected chi connectivity index (χ3v) is 4.02. The normalized spacial score (nSPS) is 16.3. The number of nitrogens with zero attached hydrogens (tertiary/aromatic N) is 1. The molecule has 5 heteroatoms. The molecule has 0 heterocycles. The molecule has 1 unspecified atom stereocenters. The van der Waals surface area contributed by atoms with Gasteiger partial charge < -0.3 is 5.32 Å². The summed E-state index contributed by atoms with van der Waals surface area (Å²) in [4.78, 5) is 10.8. The maximum absolute atomic E-state index is 11.1. The Hall–Kier alpha value is -0.940. The summed E-state index contributed by atoms with van der Waals surface area (Å²) in [5.74, 6) is 0.685. The zero-order chi connectivity index (χ0) is 13.8. The highest BCUT2D eigenvalue weighted by atomic mass is 79.9. The predicted octanol–water partition coefficient (Wildman–Crippen LogP) is 3.68. The minimum absolute atomic E-state index is 0.229. The van der Waals surface area contributed by atoms with Crippen LogP contribution in [-0.4, -0.2) is 17.5 Å². The first-order chi connectivity index (χ1) is 9.11. The van der Waals surface area contributed by atoms with E-state index in [1.54, 1.807) is 12.1 Å². The average Bonchev–Trinajstić information content (AvgIpc) is 3.18. The van der Waals surface area contributed by atoms with Gasteiger partial charge in [0.1, 0.15) is 0 Å². The summed E-state index contributed by atoms with van der Waals surface area (Å²) < 4.78 is 0.901. The first-order valence-corrected chi connectivity index (χ1v) is 7.57. The van der Waals surface area contributed by atoms with Crippen molar-refractivity contribution in [3.05, 3.63) is 38.3 Å². The van der Waals surface area contributed by atoms with Crippen molar-refractivity contribution in [2.45, 2.75) is 38.6 Å². The van der Waals surface area contributed by atoms with Crippen molar-refractivity contribution in [2.24, 2.45) is 5.92 Å². The Labute approximate surface area is 121 Å². The van der Waals surface area contributed by atoms with Gasteiger partial charge >= 0.3 is 0 Å². The van der Waals surface area contributed by atoms with Gasteiger partial charge in [-0.2, -0.15) is 0 Å². The van der Waals surface area contributed by atoms with E-state index >= 15 is 0 Å². The molecule has 1 aromatic carbocycles. The summed E-state index contributed by atoms with van der Waals surface area (Å²) >= 11 is 3.40. The zero-order valence-corrected chi connectivity index (χ0v) is 12.6. The number of hydrogen-bond acceptors (Lipinski definition) is 3. The Morgan fingerprint density at radius 2 is 2.26 bits per heavy atom. The summed E-state index contributed by atoms with van der Waals surface area (Å²) in [7, 11) is 0. The monoisotopic (exact) mass is 326 g/mol. The molecule has 0 saturated heterocycles. The molecule has 0 spiro atoms. The van der Waals surface area contributed by atoms with Crippen molar-refractivity contribution in [2.75, 3.05) is 6.54 Å². The van der Waals surface area contributed by atoms with E-state index in [9.17, 15) is 10.1 Å². The van der Waals surface area contributed by atoms with E-state index in [2.05, 4.69) is 28.2 Å². The Kier molecular flexibility index (Phi) is 4.93. The third-order valence-electron chi connectivity index (χ3n) is 3.53. The van der Waals surface area contributed by atoms with E-state index < -0.39 is 0 Å². The fraction of sp³-hybridized carbons (Fsp3) is 0.571. The Balaban J connectivity index is 2.15. The molecular weight excluding hydrogens is 308 g/mol. The highest BCUT2D eigenvalue weighted by Crippen LogP contribution is 2.35. The zero-order valence-electron chi connectivity index (χ0n) is 11.1. The molecule has 0 aromatic heterocycles. The van der Waals surface area contributed by atoms with Crippen LogP contribution >= 0.6 is 15.9 Å². The molecule has 1 fully saturated rings. The van der Waals surface area contributed by atoms with Crippen LogP contribution in [-0.2, 0) is 6.42 Å². The Bertz CT molecular complexity index is 461. The van der Waals surface area contributed by atoms with Gasteiger partial charge in [-0.25, -0.2) is 0 Å². The molecule has 0 aliphatic heterocycles. The van der Waals surface area contributed by atoms with Gasteiger partial charge in [-0.15, -0.1) is 0 Å². The van der Waals surface area contributed by atoms with E-state index in [1.165, 1.54) is 12.8 Å². The summed E-state index contributed by atoms with van der Waals surface area (Å²) in [6.45, 7) is 3.11. The van der Waals surface area contributed by atoms with Gasteiger partial charge in [-0.05, 0) is 50.3 Å². The fourth-order valence-corrected chi connectivity index (χ4v) is 2.77. The Morgan fingerprint density at radius 1 is 1.53 bits per heavy atom. The van der Waals surface area contributed by atoms with Gasteiger partial charge in [0.2, 0.25) is 0 Å². The minimum Gasteiger partial charge on any atom is -0.313 e. The molecule has 1 saturated carbocycles. The van der Waals surface area contributed by atoms with Crippen molar-refractivity contribution in [1.29, 1.82) is 0 Å². The number of benzene rings is 1. The Morgan fingerprint density at radius 3 is 2.84 bits per heavy atom. The van der Waals surface area contributed by atoms with Crippen LogP contribution in [0.3, 0.4) is 0 Å². The average molecular weight is 327 g/mol. The highest BCUT2D eigenvalue weighted by Gasteiger charge is 2.32. The molecule has 2 rings (SSSR count). The van der Waals surface area contributed by atoms with Gasteiger partial charge in [0.25, 0.3) is 5.69 Å². The molecule has 0 radical (unpaired) electrons. The lowest BCUT2D eigenvalue weighted by atomic mass is 10.0. The lowest BCUT2D eigenvalue weighted by molar-refractivity contribution is -0.385. The first-order valence-electron chi connectivity index (χ1n) is 6.78. The molecule has 1 N–H and O–H groups in total. The van der Waals surface area contributed by atoms with Crippen LogP contribution in [0, 0.1) is 16.0 Å². The first kappa shape index (κ1) is 14.5. The minimum atomic E-state index is -0.286.